The first kappa shape index (κ1) is 12.1. The number of carbonyl (C=O) groups excluding carboxylic acids is 1. The number of amides is 1. The molecule has 1 aliphatic heterocycles. The first-order chi connectivity index (χ1) is 9.25. The molecule has 3 nitrogen and oxygen atoms in total. The first-order valence-corrected chi connectivity index (χ1v) is 6.39. The third-order valence-corrected chi connectivity index (χ3v) is 3.40. The lowest BCUT2D eigenvalue weighted by atomic mass is 10.1. The van der Waals surface area contributed by atoms with Gasteiger partial charge >= 0.3 is 5.37 Å². The summed E-state index contributed by atoms with van der Waals surface area (Å²) in [4.78, 5) is 13.2. The van der Waals surface area contributed by atoms with E-state index in [1.165, 1.54) is 4.90 Å². The molecule has 2 aromatic carbocycles. The SMILES string of the molecule is O=C(Cl)N1Cc2ccccc2COc2ccccc21. The smallest absolute Gasteiger partial charge is 0.321 e. The van der Waals surface area contributed by atoms with Crippen molar-refractivity contribution in [3.63, 3.8) is 0 Å². The number of benzene rings is 2. The number of fused-ring (bicyclic) bond motifs is 2. The van der Waals surface area contributed by atoms with E-state index in [1.807, 2.05) is 48.5 Å². The van der Waals surface area contributed by atoms with Crippen LogP contribution in [-0.2, 0) is 13.2 Å². The Kier molecular flexibility index (Phi) is 3.13. The van der Waals surface area contributed by atoms with Gasteiger partial charge in [0, 0.05) is 0 Å². The van der Waals surface area contributed by atoms with Crippen LogP contribution in [0, 0.1) is 0 Å². The molecule has 0 saturated heterocycles. The second-order valence-corrected chi connectivity index (χ2v) is 4.69. The molecule has 0 saturated carbocycles. The second kappa shape index (κ2) is 4.94. The van der Waals surface area contributed by atoms with Crippen LogP contribution < -0.4 is 9.64 Å². The van der Waals surface area contributed by atoms with E-state index in [-0.39, 0.29) is 0 Å². The summed E-state index contributed by atoms with van der Waals surface area (Å²) in [5, 5.41) is -0.507. The average molecular weight is 274 g/mol. The summed E-state index contributed by atoms with van der Waals surface area (Å²) < 4.78 is 5.78. The van der Waals surface area contributed by atoms with Gasteiger partial charge in [0.2, 0.25) is 0 Å². The standard InChI is InChI=1S/C15H12ClNO2/c16-15(18)17-9-11-5-1-2-6-12(11)10-19-14-8-4-3-7-13(14)17/h1-8H,9-10H2. The molecule has 0 N–H and O–H groups in total. The Bertz CT molecular complexity index is 627. The highest BCUT2D eigenvalue weighted by atomic mass is 35.5. The summed E-state index contributed by atoms with van der Waals surface area (Å²) in [6.45, 7) is 0.955. The molecule has 0 unspecified atom stereocenters. The predicted octanol–water partition coefficient (Wildman–Crippen LogP) is 3.94. The highest BCUT2D eigenvalue weighted by Gasteiger charge is 2.21. The monoisotopic (exact) mass is 273 g/mol. The van der Waals surface area contributed by atoms with Gasteiger partial charge in [0.15, 0.2) is 0 Å². The Morgan fingerprint density at radius 3 is 2.53 bits per heavy atom. The zero-order chi connectivity index (χ0) is 13.2. The van der Waals surface area contributed by atoms with Crippen LogP contribution in [0.2, 0.25) is 0 Å². The van der Waals surface area contributed by atoms with E-state index < -0.39 is 5.37 Å². The number of para-hydroxylation sites is 2. The molecule has 3 rings (SSSR count). The van der Waals surface area contributed by atoms with Crippen molar-refractivity contribution in [3.8, 4) is 5.75 Å². The third kappa shape index (κ3) is 2.29. The van der Waals surface area contributed by atoms with Gasteiger partial charge in [0.25, 0.3) is 0 Å². The molecule has 1 amide bonds. The van der Waals surface area contributed by atoms with Crippen LogP contribution in [-0.4, -0.2) is 5.37 Å². The van der Waals surface area contributed by atoms with Crippen LogP contribution in [0.1, 0.15) is 11.1 Å². The normalized spacial score (nSPS) is 13.6. The largest absolute Gasteiger partial charge is 0.487 e. The molecule has 0 aliphatic carbocycles. The van der Waals surface area contributed by atoms with Gasteiger partial charge < -0.3 is 4.74 Å². The van der Waals surface area contributed by atoms with Gasteiger partial charge in [-0.2, -0.15) is 0 Å². The number of hydrogen-bond acceptors (Lipinski definition) is 2. The average Bonchev–Trinajstić information content (AvgIpc) is 2.41. The van der Waals surface area contributed by atoms with Crippen LogP contribution in [0.25, 0.3) is 0 Å². The summed E-state index contributed by atoms with van der Waals surface area (Å²) in [5.74, 6) is 0.672. The van der Waals surface area contributed by atoms with Crippen molar-refractivity contribution in [1.29, 1.82) is 0 Å². The molecule has 0 fully saturated rings. The third-order valence-electron chi connectivity index (χ3n) is 3.20. The maximum Gasteiger partial charge on any atom is 0.321 e. The fourth-order valence-corrected chi connectivity index (χ4v) is 2.37. The molecule has 96 valence electrons. The summed E-state index contributed by atoms with van der Waals surface area (Å²) in [7, 11) is 0. The van der Waals surface area contributed by atoms with Crippen LogP contribution in [0.15, 0.2) is 48.5 Å². The van der Waals surface area contributed by atoms with Gasteiger partial charge in [0.05, 0.1) is 12.2 Å². The summed E-state index contributed by atoms with van der Waals surface area (Å²) >= 11 is 5.71. The number of anilines is 1. The highest BCUT2D eigenvalue weighted by Crippen LogP contribution is 2.33. The molecule has 0 bridgehead atoms. The van der Waals surface area contributed by atoms with Crippen molar-refractivity contribution in [2.75, 3.05) is 4.90 Å². The summed E-state index contributed by atoms with van der Waals surface area (Å²) in [6.07, 6.45) is 0. The van der Waals surface area contributed by atoms with Crippen molar-refractivity contribution >= 4 is 22.7 Å². The molecular weight excluding hydrogens is 262 g/mol. The van der Waals surface area contributed by atoms with Crippen LogP contribution >= 0.6 is 11.6 Å². The molecule has 0 spiro atoms. The van der Waals surface area contributed by atoms with E-state index in [0.717, 1.165) is 11.1 Å². The fourth-order valence-electron chi connectivity index (χ4n) is 2.22. The van der Waals surface area contributed by atoms with Crippen molar-refractivity contribution < 1.29 is 9.53 Å². The van der Waals surface area contributed by atoms with E-state index in [4.69, 9.17) is 16.3 Å². The molecule has 1 aliphatic rings. The van der Waals surface area contributed by atoms with Crippen LogP contribution in [0.5, 0.6) is 5.75 Å². The molecule has 4 heteroatoms. The van der Waals surface area contributed by atoms with E-state index >= 15 is 0 Å². The second-order valence-electron chi connectivity index (χ2n) is 4.36. The Hall–Kier alpha value is -2.00. The molecule has 0 atom stereocenters. The van der Waals surface area contributed by atoms with Crippen molar-refractivity contribution in [2.24, 2.45) is 0 Å². The maximum atomic E-state index is 11.7. The zero-order valence-electron chi connectivity index (χ0n) is 10.2. The number of rotatable bonds is 0. The topological polar surface area (TPSA) is 29.5 Å². The lowest BCUT2D eigenvalue weighted by molar-refractivity contribution is 0.262. The van der Waals surface area contributed by atoms with Gasteiger partial charge in [-0.05, 0) is 34.9 Å². The maximum absolute atomic E-state index is 11.7. The van der Waals surface area contributed by atoms with Crippen molar-refractivity contribution in [3.05, 3.63) is 59.7 Å². The number of nitrogens with zero attached hydrogens (tertiary/aromatic N) is 1. The Morgan fingerprint density at radius 1 is 1.05 bits per heavy atom. The molecular formula is C15H12ClNO2. The quantitative estimate of drug-likeness (QED) is 0.537. The lowest BCUT2D eigenvalue weighted by Gasteiger charge is -2.26. The minimum absolute atomic E-state index is 0.457. The fraction of sp³-hybridized carbons (Fsp3) is 0.133. The van der Waals surface area contributed by atoms with Crippen LogP contribution in [0.4, 0.5) is 10.5 Å². The van der Waals surface area contributed by atoms with E-state index in [0.29, 0.717) is 24.6 Å². The molecule has 19 heavy (non-hydrogen) atoms. The molecule has 2 aromatic rings. The van der Waals surface area contributed by atoms with Crippen LogP contribution in [0.3, 0.4) is 0 Å². The predicted molar refractivity (Wildman–Crippen MR) is 74.6 cm³/mol. The highest BCUT2D eigenvalue weighted by molar-refractivity contribution is 6.66. The van der Waals surface area contributed by atoms with E-state index in [2.05, 4.69) is 0 Å². The number of carbonyl (C=O) groups is 1. The Balaban J connectivity index is 2.09. The Morgan fingerprint density at radius 2 is 1.74 bits per heavy atom. The van der Waals surface area contributed by atoms with Crippen molar-refractivity contribution in [2.45, 2.75) is 13.2 Å². The van der Waals surface area contributed by atoms with Gasteiger partial charge in [-0.25, -0.2) is 0 Å². The van der Waals surface area contributed by atoms with Gasteiger partial charge in [0.1, 0.15) is 12.4 Å². The molecule has 0 radical (unpaired) electrons. The zero-order valence-corrected chi connectivity index (χ0v) is 10.9. The molecule has 0 aromatic heterocycles. The minimum atomic E-state index is -0.507. The lowest BCUT2D eigenvalue weighted by Crippen LogP contribution is -2.27. The molecule has 1 heterocycles. The summed E-state index contributed by atoms with van der Waals surface area (Å²) in [6, 6.07) is 15.3. The van der Waals surface area contributed by atoms with Gasteiger partial charge in [-0.3, -0.25) is 9.69 Å². The Labute approximate surface area is 116 Å². The van der Waals surface area contributed by atoms with Gasteiger partial charge in [-0.15, -0.1) is 0 Å². The summed E-state index contributed by atoms with van der Waals surface area (Å²) in [5.41, 5.74) is 2.82. The first-order valence-electron chi connectivity index (χ1n) is 6.01. The van der Waals surface area contributed by atoms with E-state index in [1.54, 1.807) is 0 Å². The minimum Gasteiger partial charge on any atom is -0.487 e. The van der Waals surface area contributed by atoms with E-state index in [9.17, 15) is 4.79 Å². The number of halogens is 1. The number of ether oxygens (including phenoxy) is 1. The van der Waals surface area contributed by atoms with Crippen molar-refractivity contribution in [1.82, 2.24) is 0 Å². The van der Waals surface area contributed by atoms with Gasteiger partial charge in [-0.1, -0.05) is 36.4 Å². The number of hydrogen-bond donors (Lipinski definition) is 0.